The minimum Gasteiger partial charge on any atom is -0.370 e. The van der Waals surface area contributed by atoms with Crippen LogP contribution in [0.5, 0.6) is 0 Å². The first-order chi connectivity index (χ1) is 12.0. The summed E-state index contributed by atoms with van der Waals surface area (Å²) >= 11 is 0. The van der Waals surface area contributed by atoms with E-state index in [-0.39, 0.29) is 11.9 Å². The zero-order valence-electron chi connectivity index (χ0n) is 14.6. The van der Waals surface area contributed by atoms with Gasteiger partial charge in [0.2, 0.25) is 5.91 Å². The predicted molar refractivity (Wildman–Crippen MR) is 96.0 cm³/mol. The number of nitrogens with zero attached hydrogens (tertiary/aromatic N) is 3. The number of imidazole rings is 1. The van der Waals surface area contributed by atoms with Gasteiger partial charge in [0.15, 0.2) is 0 Å². The molecule has 134 valence electrons. The predicted octanol–water partition coefficient (Wildman–Crippen LogP) is 1.64. The molecular weight excluding hydrogens is 318 g/mol. The number of carbonyl (C=O) groups is 2. The zero-order chi connectivity index (χ0) is 17.8. The van der Waals surface area contributed by atoms with Crippen molar-refractivity contribution in [1.82, 2.24) is 19.8 Å². The minimum atomic E-state index is -0.258. The van der Waals surface area contributed by atoms with Gasteiger partial charge in [-0.1, -0.05) is 12.1 Å². The summed E-state index contributed by atoms with van der Waals surface area (Å²) < 4.78 is 2.12. The third kappa shape index (κ3) is 4.10. The van der Waals surface area contributed by atoms with Gasteiger partial charge in [0.1, 0.15) is 5.82 Å². The summed E-state index contributed by atoms with van der Waals surface area (Å²) in [7, 11) is 0. The molecule has 0 unspecified atom stereocenters. The molecule has 1 aliphatic rings. The third-order valence-corrected chi connectivity index (χ3v) is 4.85. The first kappa shape index (κ1) is 17.3. The third-order valence-electron chi connectivity index (χ3n) is 4.85. The molecule has 0 saturated carbocycles. The van der Waals surface area contributed by atoms with Crippen LogP contribution in [0.25, 0.3) is 11.0 Å². The van der Waals surface area contributed by atoms with Gasteiger partial charge in [-0.3, -0.25) is 4.79 Å². The molecule has 1 aromatic heterocycles. The van der Waals surface area contributed by atoms with Crippen molar-refractivity contribution >= 4 is 23.0 Å². The SMILES string of the molecule is Cc1nc2ccccc2n1CCNC(=O)N1CCC(CC(N)=O)CC1. The van der Waals surface area contributed by atoms with Crippen molar-refractivity contribution in [3.05, 3.63) is 30.1 Å². The molecule has 1 aliphatic heterocycles. The number of fused-ring (bicyclic) bond motifs is 1. The van der Waals surface area contributed by atoms with E-state index in [0.29, 0.717) is 38.5 Å². The molecule has 1 aromatic carbocycles. The molecular formula is C18H25N5O2. The highest BCUT2D eigenvalue weighted by atomic mass is 16.2. The van der Waals surface area contributed by atoms with Gasteiger partial charge < -0.3 is 20.5 Å². The number of rotatable bonds is 5. The lowest BCUT2D eigenvalue weighted by Crippen LogP contribution is -2.45. The average Bonchev–Trinajstić information content (AvgIpc) is 2.90. The second-order valence-electron chi connectivity index (χ2n) is 6.63. The second kappa shape index (κ2) is 7.55. The number of carbonyl (C=O) groups excluding carboxylic acids is 2. The number of aryl methyl sites for hydroxylation is 1. The maximum absolute atomic E-state index is 12.3. The fraction of sp³-hybridized carbons (Fsp3) is 0.500. The van der Waals surface area contributed by atoms with Crippen LogP contribution in [0.1, 0.15) is 25.1 Å². The van der Waals surface area contributed by atoms with Crippen LogP contribution in [0.4, 0.5) is 4.79 Å². The first-order valence-corrected chi connectivity index (χ1v) is 8.77. The molecule has 7 nitrogen and oxygen atoms in total. The molecule has 25 heavy (non-hydrogen) atoms. The van der Waals surface area contributed by atoms with Crippen LogP contribution in [-0.2, 0) is 11.3 Å². The fourth-order valence-corrected chi connectivity index (χ4v) is 3.49. The van der Waals surface area contributed by atoms with Gasteiger partial charge in [0, 0.05) is 32.6 Å². The standard InChI is InChI=1S/C18H25N5O2/c1-13-21-15-4-2-3-5-16(15)23(13)11-8-20-18(25)22-9-6-14(7-10-22)12-17(19)24/h2-5,14H,6-12H2,1H3,(H2,19,24)(H,20,25). The molecule has 0 atom stereocenters. The topological polar surface area (TPSA) is 93.2 Å². The number of piperidine rings is 1. The Balaban J connectivity index is 1.48. The fourth-order valence-electron chi connectivity index (χ4n) is 3.49. The second-order valence-corrected chi connectivity index (χ2v) is 6.63. The lowest BCUT2D eigenvalue weighted by atomic mass is 9.93. The summed E-state index contributed by atoms with van der Waals surface area (Å²) in [6.45, 7) is 4.58. The smallest absolute Gasteiger partial charge is 0.317 e. The normalized spacial score (nSPS) is 15.5. The van der Waals surface area contributed by atoms with Crippen molar-refractivity contribution in [2.45, 2.75) is 32.7 Å². The first-order valence-electron chi connectivity index (χ1n) is 8.77. The maximum atomic E-state index is 12.3. The summed E-state index contributed by atoms with van der Waals surface area (Å²) in [4.78, 5) is 29.6. The molecule has 2 heterocycles. The molecule has 1 fully saturated rings. The number of hydrogen-bond donors (Lipinski definition) is 2. The van der Waals surface area contributed by atoms with Gasteiger partial charge in [0.25, 0.3) is 0 Å². The van der Waals surface area contributed by atoms with E-state index in [9.17, 15) is 9.59 Å². The van der Waals surface area contributed by atoms with Gasteiger partial charge in [-0.2, -0.15) is 0 Å². The minimum absolute atomic E-state index is 0.0420. The Morgan fingerprint density at radius 1 is 1.28 bits per heavy atom. The van der Waals surface area contributed by atoms with Crippen LogP contribution >= 0.6 is 0 Å². The van der Waals surface area contributed by atoms with E-state index in [2.05, 4.69) is 14.9 Å². The Bertz CT molecular complexity index is 762. The van der Waals surface area contributed by atoms with Crippen LogP contribution in [0, 0.1) is 12.8 Å². The Morgan fingerprint density at radius 3 is 2.72 bits per heavy atom. The molecule has 3 rings (SSSR count). The molecule has 3 N–H and O–H groups in total. The number of amides is 3. The molecule has 2 aromatic rings. The van der Waals surface area contributed by atoms with Crippen LogP contribution in [-0.4, -0.2) is 46.0 Å². The lowest BCUT2D eigenvalue weighted by molar-refractivity contribution is -0.119. The van der Waals surface area contributed by atoms with Crippen molar-refractivity contribution in [3.8, 4) is 0 Å². The summed E-state index contributed by atoms with van der Waals surface area (Å²) in [5, 5.41) is 2.98. The van der Waals surface area contributed by atoms with Crippen molar-refractivity contribution < 1.29 is 9.59 Å². The molecule has 0 spiro atoms. The Labute approximate surface area is 147 Å². The molecule has 3 amide bonds. The molecule has 0 bridgehead atoms. The van der Waals surface area contributed by atoms with Crippen LogP contribution < -0.4 is 11.1 Å². The summed E-state index contributed by atoms with van der Waals surface area (Å²) in [5.74, 6) is 0.995. The molecule has 1 saturated heterocycles. The number of benzene rings is 1. The summed E-state index contributed by atoms with van der Waals surface area (Å²) in [6.07, 6.45) is 2.09. The Morgan fingerprint density at radius 2 is 2.00 bits per heavy atom. The van der Waals surface area contributed by atoms with Crippen molar-refractivity contribution in [1.29, 1.82) is 0 Å². The number of urea groups is 1. The number of aromatic nitrogens is 2. The van der Waals surface area contributed by atoms with E-state index in [1.165, 1.54) is 0 Å². The van der Waals surface area contributed by atoms with E-state index < -0.39 is 0 Å². The lowest BCUT2D eigenvalue weighted by Gasteiger charge is -2.31. The highest BCUT2D eigenvalue weighted by molar-refractivity contribution is 5.76. The molecule has 0 aliphatic carbocycles. The Kier molecular flexibility index (Phi) is 5.21. The van der Waals surface area contributed by atoms with Gasteiger partial charge in [-0.15, -0.1) is 0 Å². The largest absolute Gasteiger partial charge is 0.370 e. The van der Waals surface area contributed by atoms with Gasteiger partial charge in [0.05, 0.1) is 11.0 Å². The highest BCUT2D eigenvalue weighted by Crippen LogP contribution is 2.20. The Hall–Kier alpha value is -2.57. The van der Waals surface area contributed by atoms with Crippen molar-refractivity contribution in [2.24, 2.45) is 11.7 Å². The number of primary amides is 1. The average molecular weight is 343 g/mol. The van der Waals surface area contributed by atoms with Crippen LogP contribution in [0.15, 0.2) is 24.3 Å². The van der Waals surface area contributed by atoms with Gasteiger partial charge in [-0.05, 0) is 37.8 Å². The number of para-hydroxylation sites is 2. The monoisotopic (exact) mass is 343 g/mol. The zero-order valence-corrected chi connectivity index (χ0v) is 14.6. The van der Waals surface area contributed by atoms with Crippen LogP contribution in [0.2, 0.25) is 0 Å². The molecule has 7 heteroatoms. The van der Waals surface area contributed by atoms with E-state index >= 15 is 0 Å². The van der Waals surface area contributed by atoms with Gasteiger partial charge in [-0.25, -0.2) is 9.78 Å². The number of nitrogens with one attached hydrogen (secondary N) is 1. The van der Waals surface area contributed by atoms with Crippen LogP contribution in [0.3, 0.4) is 0 Å². The number of hydrogen-bond acceptors (Lipinski definition) is 3. The van der Waals surface area contributed by atoms with E-state index in [1.54, 1.807) is 0 Å². The van der Waals surface area contributed by atoms with Crippen molar-refractivity contribution in [3.63, 3.8) is 0 Å². The maximum Gasteiger partial charge on any atom is 0.317 e. The van der Waals surface area contributed by atoms with Crippen molar-refractivity contribution in [2.75, 3.05) is 19.6 Å². The van der Waals surface area contributed by atoms with Gasteiger partial charge >= 0.3 is 6.03 Å². The van der Waals surface area contributed by atoms with E-state index in [1.807, 2.05) is 36.1 Å². The summed E-state index contributed by atoms with van der Waals surface area (Å²) in [6, 6.07) is 7.96. The van der Waals surface area contributed by atoms with E-state index in [4.69, 9.17) is 5.73 Å². The molecule has 0 radical (unpaired) electrons. The quantitative estimate of drug-likeness (QED) is 0.864. The highest BCUT2D eigenvalue weighted by Gasteiger charge is 2.23. The van der Waals surface area contributed by atoms with E-state index in [0.717, 1.165) is 29.7 Å². The number of nitrogens with two attached hydrogens (primary N) is 1. The number of likely N-dealkylation sites (tertiary alicyclic amines) is 1. The summed E-state index contributed by atoms with van der Waals surface area (Å²) in [5.41, 5.74) is 7.30.